The molecule has 1 fully saturated rings. The van der Waals surface area contributed by atoms with Crippen molar-refractivity contribution < 1.29 is 22.5 Å². The van der Waals surface area contributed by atoms with Gasteiger partial charge in [0.2, 0.25) is 0 Å². The molecule has 9 nitrogen and oxygen atoms in total. The first kappa shape index (κ1) is 30.0. The molecule has 1 saturated carbocycles. The Kier molecular flexibility index (Phi) is 8.84. The minimum atomic E-state index is -3.99. The Balaban J connectivity index is 1.49. The minimum absolute atomic E-state index is 0.113. The normalized spacial score (nSPS) is 16.4. The highest BCUT2D eigenvalue weighted by Gasteiger charge is 2.49. The van der Waals surface area contributed by atoms with E-state index < -0.39 is 15.6 Å². The summed E-state index contributed by atoms with van der Waals surface area (Å²) in [5.74, 6) is 1.72. The van der Waals surface area contributed by atoms with Gasteiger partial charge in [-0.3, -0.25) is 19.4 Å². The average molecular weight is 593 g/mol. The van der Waals surface area contributed by atoms with Crippen molar-refractivity contribution >= 4 is 27.6 Å². The van der Waals surface area contributed by atoms with Crippen molar-refractivity contribution in [2.45, 2.75) is 96.2 Å². The Hall–Kier alpha value is -3.50. The summed E-state index contributed by atoms with van der Waals surface area (Å²) in [6, 6.07) is 12.8. The third-order valence-corrected chi connectivity index (χ3v) is 9.71. The minimum Gasteiger partial charge on any atom is -0.377 e. The molecule has 1 amide bonds. The second-order valence-electron chi connectivity index (χ2n) is 11.2. The standard InChI is InChI=1S/C32H40N4O5S/c1-5-7-14-29-33-32(17-10-11-18-32)31(37)36(29)20-24-15-16-26(25(19-24)21-40-6-2)27-12-8-9-13-28(27)42(38,39)35-30-22(3)23(4)41-34-30/h8-9,12-13,15-16,19H,5-7,10-11,14,17-18,20-21H2,1-4H3,(H,34,35). The monoisotopic (exact) mass is 592 g/mol. The van der Waals surface area contributed by atoms with Crippen molar-refractivity contribution in [3.63, 3.8) is 0 Å². The van der Waals surface area contributed by atoms with E-state index in [2.05, 4.69) is 16.8 Å². The van der Waals surface area contributed by atoms with Gasteiger partial charge in [0.1, 0.15) is 17.1 Å². The second kappa shape index (κ2) is 12.4. The molecule has 1 aliphatic heterocycles. The number of carbonyl (C=O) groups excluding carboxylic acids is 1. The zero-order valence-electron chi connectivity index (χ0n) is 24.9. The molecule has 0 unspecified atom stereocenters. The number of aliphatic imine (C=N–C) groups is 1. The van der Waals surface area contributed by atoms with Gasteiger partial charge in [-0.15, -0.1) is 0 Å². The Bertz CT molecular complexity index is 1590. The van der Waals surface area contributed by atoms with Crippen molar-refractivity contribution in [1.82, 2.24) is 10.1 Å². The topological polar surface area (TPSA) is 114 Å². The lowest BCUT2D eigenvalue weighted by molar-refractivity contribution is -0.131. The lowest BCUT2D eigenvalue weighted by atomic mass is 9.96. The SMILES string of the molecule is CCCCC1=NC2(CCCC2)C(=O)N1Cc1ccc(-c2ccccc2S(=O)(=O)Nc2noc(C)c2C)c(COCC)c1. The van der Waals surface area contributed by atoms with E-state index >= 15 is 0 Å². The Morgan fingerprint density at radius 1 is 1.07 bits per heavy atom. The lowest BCUT2D eigenvalue weighted by Gasteiger charge is -2.23. The van der Waals surface area contributed by atoms with Crippen LogP contribution in [0.1, 0.15) is 81.2 Å². The molecule has 0 saturated heterocycles. The number of nitrogens with one attached hydrogen (secondary N) is 1. The molecule has 1 spiro atoms. The number of sulfonamides is 1. The van der Waals surface area contributed by atoms with Crippen LogP contribution in [0.15, 0.2) is 56.9 Å². The maximum absolute atomic E-state index is 13.7. The summed E-state index contributed by atoms with van der Waals surface area (Å²) in [7, 11) is -3.99. The highest BCUT2D eigenvalue weighted by atomic mass is 32.2. The predicted molar refractivity (Wildman–Crippen MR) is 163 cm³/mol. The van der Waals surface area contributed by atoms with Crippen LogP contribution in [-0.4, -0.2) is 42.4 Å². The molecule has 1 aliphatic carbocycles. The summed E-state index contributed by atoms with van der Waals surface area (Å²) in [6.07, 6.45) is 6.51. The van der Waals surface area contributed by atoms with Gasteiger partial charge in [0.15, 0.2) is 5.82 Å². The summed E-state index contributed by atoms with van der Waals surface area (Å²) in [6.45, 7) is 8.80. The van der Waals surface area contributed by atoms with E-state index in [0.717, 1.165) is 67.5 Å². The van der Waals surface area contributed by atoms with E-state index in [9.17, 15) is 13.2 Å². The number of ether oxygens (including phenoxy) is 1. The molecule has 42 heavy (non-hydrogen) atoms. The van der Waals surface area contributed by atoms with Gasteiger partial charge in [-0.1, -0.05) is 67.7 Å². The molecule has 10 heteroatoms. The molecule has 224 valence electrons. The maximum atomic E-state index is 13.7. The summed E-state index contributed by atoms with van der Waals surface area (Å²) < 4.78 is 40.7. The van der Waals surface area contributed by atoms with E-state index in [1.807, 2.05) is 36.1 Å². The molecule has 2 aliphatic rings. The van der Waals surface area contributed by atoms with Crippen molar-refractivity contribution in [3.05, 3.63) is 64.9 Å². The fourth-order valence-electron chi connectivity index (χ4n) is 5.84. The van der Waals surface area contributed by atoms with Gasteiger partial charge >= 0.3 is 0 Å². The Morgan fingerprint density at radius 2 is 1.83 bits per heavy atom. The number of carbonyl (C=O) groups is 1. The van der Waals surface area contributed by atoms with E-state index in [0.29, 0.717) is 36.6 Å². The number of benzene rings is 2. The lowest BCUT2D eigenvalue weighted by Crippen LogP contribution is -2.40. The molecule has 3 aromatic rings. The number of amidine groups is 1. The zero-order chi connectivity index (χ0) is 29.9. The molecule has 1 aromatic heterocycles. The quantitative estimate of drug-likeness (QED) is 0.255. The van der Waals surface area contributed by atoms with Gasteiger partial charge in [0.25, 0.3) is 15.9 Å². The van der Waals surface area contributed by atoms with Crippen molar-refractivity contribution in [2.75, 3.05) is 11.3 Å². The van der Waals surface area contributed by atoms with Crippen LogP contribution in [0.5, 0.6) is 0 Å². The third kappa shape index (κ3) is 5.87. The van der Waals surface area contributed by atoms with E-state index in [1.54, 1.807) is 32.0 Å². The van der Waals surface area contributed by atoms with Crippen LogP contribution in [0.4, 0.5) is 5.82 Å². The molecule has 2 heterocycles. The van der Waals surface area contributed by atoms with Crippen molar-refractivity contribution in [3.8, 4) is 11.1 Å². The molecule has 5 rings (SSSR count). The Morgan fingerprint density at radius 3 is 2.52 bits per heavy atom. The molecular formula is C32H40N4O5S. The summed E-state index contributed by atoms with van der Waals surface area (Å²) in [4.78, 5) is 20.7. The molecular weight excluding hydrogens is 552 g/mol. The van der Waals surface area contributed by atoms with Gasteiger partial charge < -0.3 is 9.26 Å². The number of aromatic nitrogens is 1. The molecule has 2 aromatic carbocycles. The predicted octanol–water partition coefficient (Wildman–Crippen LogP) is 6.54. The van der Waals surface area contributed by atoms with Crippen LogP contribution in [0.3, 0.4) is 0 Å². The fraction of sp³-hybridized carbons (Fsp3) is 0.469. The van der Waals surface area contributed by atoms with Crippen LogP contribution in [-0.2, 0) is 32.7 Å². The number of nitrogens with zero attached hydrogens (tertiary/aromatic N) is 3. The summed E-state index contributed by atoms with van der Waals surface area (Å²) in [5, 5.41) is 3.88. The summed E-state index contributed by atoms with van der Waals surface area (Å²) >= 11 is 0. The molecule has 0 radical (unpaired) electrons. The first-order chi connectivity index (χ1) is 20.2. The molecule has 1 N–H and O–H groups in total. The van der Waals surface area contributed by atoms with Crippen molar-refractivity contribution in [1.29, 1.82) is 0 Å². The van der Waals surface area contributed by atoms with E-state index in [1.165, 1.54) is 0 Å². The number of hydrogen-bond acceptors (Lipinski definition) is 7. The largest absolute Gasteiger partial charge is 0.377 e. The van der Waals surface area contributed by atoms with Gasteiger partial charge in [-0.25, -0.2) is 8.42 Å². The van der Waals surface area contributed by atoms with Gasteiger partial charge in [0, 0.05) is 24.2 Å². The van der Waals surface area contributed by atoms with Crippen LogP contribution in [0, 0.1) is 13.8 Å². The fourth-order valence-corrected chi connectivity index (χ4v) is 7.12. The number of amides is 1. The van der Waals surface area contributed by atoms with E-state index in [-0.39, 0.29) is 16.6 Å². The van der Waals surface area contributed by atoms with Gasteiger partial charge in [-0.2, -0.15) is 0 Å². The number of rotatable bonds is 12. The first-order valence-electron chi connectivity index (χ1n) is 14.8. The number of anilines is 1. The number of aryl methyl sites for hydroxylation is 1. The van der Waals surface area contributed by atoms with Crippen LogP contribution in [0.25, 0.3) is 11.1 Å². The second-order valence-corrected chi connectivity index (χ2v) is 12.9. The van der Waals surface area contributed by atoms with Crippen LogP contribution < -0.4 is 4.72 Å². The van der Waals surface area contributed by atoms with Gasteiger partial charge in [0.05, 0.1) is 18.0 Å². The smallest absolute Gasteiger partial charge is 0.263 e. The third-order valence-electron chi connectivity index (χ3n) is 8.31. The van der Waals surface area contributed by atoms with E-state index in [4.69, 9.17) is 14.3 Å². The number of unbranched alkanes of at least 4 members (excludes halogenated alkanes) is 1. The summed E-state index contributed by atoms with van der Waals surface area (Å²) in [5.41, 5.74) is 3.15. The Labute approximate surface area is 248 Å². The van der Waals surface area contributed by atoms with Gasteiger partial charge in [-0.05, 0) is 62.8 Å². The van der Waals surface area contributed by atoms with Crippen LogP contribution in [0.2, 0.25) is 0 Å². The maximum Gasteiger partial charge on any atom is 0.263 e. The van der Waals surface area contributed by atoms with Crippen LogP contribution >= 0.6 is 0 Å². The molecule has 0 bridgehead atoms. The first-order valence-corrected chi connectivity index (χ1v) is 16.3. The average Bonchev–Trinajstić information content (AvgIpc) is 3.66. The highest BCUT2D eigenvalue weighted by Crippen LogP contribution is 2.40. The number of hydrogen-bond donors (Lipinski definition) is 1. The molecule has 0 atom stereocenters. The zero-order valence-corrected chi connectivity index (χ0v) is 25.7. The van der Waals surface area contributed by atoms with Crippen molar-refractivity contribution in [2.24, 2.45) is 4.99 Å². The highest BCUT2D eigenvalue weighted by molar-refractivity contribution is 7.92.